The van der Waals surface area contributed by atoms with Crippen LogP contribution in [-0.4, -0.2) is 30.0 Å². The summed E-state index contributed by atoms with van der Waals surface area (Å²) < 4.78 is 5.10. The number of ether oxygens (including phenoxy) is 1. The van der Waals surface area contributed by atoms with Crippen LogP contribution in [0.1, 0.15) is 12.5 Å². The lowest BCUT2D eigenvalue weighted by Crippen LogP contribution is -2.33. The third-order valence-electron chi connectivity index (χ3n) is 2.43. The summed E-state index contributed by atoms with van der Waals surface area (Å²) in [6.07, 6.45) is 1.72. The number of hydrogen-bond donors (Lipinski definition) is 1. The van der Waals surface area contributed by atoms with E-state index in [-0.39, 0.29) is 0 Å². The Hall–Kier alpha value is -1.42. The molecule has 1 aliphatic rings. The Morgan fingerprint density at radius 1 is 1.67 bits per heavy atom. The van der Waals surface area contributed by atoms with E-state index in [1.54, 1.807) is 6.20 Å². The van der Waals surface area contributed by atoms with Crippen LogP contribution in [-0.2, 0) is 4.74 Å². The van der Waals surface area contributed by atoms with Gasteiger partial charge in [0.05, 0.1) is 19.4 Å². The van der Waals surface area contributed by atoms with Crippen LogP contribution in [0.15, 0.2) is 18.8 Å². The predicted octanol–water partition coefficient (Wildman–Crippen LogP) is 1.57. The van der Waals surface area contributed by atoms with Gasteiger partial charge in [0, 0.05) is 18.0 Å². The maximum atomic E-state index is 5.10. The minimum Gasteiger partial charge on any atom is -0.381 e. The standard InChI is InChI=1S/C11H15N3O/c1-8(2)10-3-11(14-13-5-10)12-4-9-6-15-7-9/h3,5,9H,1,4,6-7H2,2H3,(H,12,14). The number of aromatic nitrogens is 2. The molecule has 0 atom stereocenters. The molecule has 2 rings (SSSR count). The lowest BCUT2D eigenvalue weighted by atomic mass is 10.1. The number of nitrogens with zero attached hydrogens (tertiary/aromatic N) is 2. The van der Waals surface area contributed by atoms with E-state index in [9.17, 15) is 0 Å². The summed E-state index contributed by atoms with van der Waals surface area (Å²) in [7, 11) is 0. The van der Waals surface area contributed by atoms with Crippen LogP contribution in [0.25, 0.3) is 5.57 Å². The Kier molecular flexibility index (Phi) is 2.97. The van der Waals surface area contributed by atoms with Crippen molar-refractivity contribution in [2.75, 3.05) is 25.1 Å². The molecule has 80 valence electrons. The smallest absolute Gasteiger partial charge is 0.149 e. The summed E-state index contributed by atoms with van der Waals surface area (Å²) in [5.74, 6) is 1.42. The van der Waals surface area contributed by atoms with Gasteiger partial charge in [-0.05, 0) is 18.6 Å². The van der Waals surface area contributed by atoms with E-state index in [4.69, 9.17) is 4.74 Å². The van der Waals surface area contributed by atoms with Gasteiger partial charge in [0.15, 0.2) is 0 Å². The average Bonchev–Trinajstić information content (AvgIpc) is 2.16. The highest BCUT2D eigenvalue weighted by molar-refractivity contribution is 5.62. The molecule has 4 nitrogen and oxygen atoms in total. The Morgan fingerprint density at radius 2 is 2.47 bits per heavy atom. The van der Waals surface area contributed by atoms with Crippen LogP contribution in [0.4, 0.5) is 5.82 Å². The third kappa shape index (κ3) is 2.53. The van der Waals surface area contributed by atoms with Crippen molar-refractivity contribution in [2.24, 2.45) is 5.92 Å². The first-order valence-electron chi connectivity index (χ1n) is 5.06. The van der Waals surface area contributed by atoms with Gasteiger partial charge < -0.3 is 10.1 Å². The summed E-state index contributed by atoms with van der Waals surface area (Å²) in [6.45, 7) is 8.43. The van der Waals surface area contributed by atoms with Crippen LogP contribution in [0.5, 0.6) is 0 Å². The molecule has 2 heterocycles. The minimum absolute atomic E-state index is 0.611. The fourth-order valence-electron chi connectivity index (χ4n) is 1.34. The van der Waals surface area contributed by atoms with Gasteiger partial charge >= 0.3 is 0 Å². The van der Waals surface area contributed by atoms with E-state index in [1.165, 1.54) is 0 Å². The van der Waals surface area contributed by atoms with Crippen LogP contribution in [0.3, 0.4) is 0 Å². The topological polar surface area (TPSA) is 47.0 Å². The van der Waals surface area contributed by atoms with E-state index < -0.39 is 0 Å². The molecule has 0 radical (unpaired) electrons. The second kappa shape index (κ2) is 4.40. The van der Waals surface area contributed by atoms with E-state index in [0.717, 1.165) is 36.7 Å². The van der Waals surface area contributed by atoms with E-state index in [0.29, 0.717) is 5.92 Å². The molecule has 1 aromatic heterocycles. The molecule has 1 N–H and O–H groups in total. The Balaban J connectivity index is 1.94. The molecule has 1 fully saturated rings. The molecule has 0 aromatic carbocycles. The Bertz CT molecular complexity index is 361. The highest BCUT2D eigenvalue weighted by Gasteiger charge is 2.17. The maximum absolute atomic E-state index is 5.10. The molecule has 1 aromatic rings. The van der Waals surface area contributed by atoms with E-state index in [1.807, 2.05) is 13.0 Å². The van der Waals surface area contributed by atoms with E-state index in [2.05, 4.69) is 22.1 Å². The molecule has 4 heteroatoms. The molecule has 1 saturated heterocycles. The third-order valence-corrected chi connectivity index (χ3v) is 2.43. The van der Waals surface area contributed by atoms with Crippen molar-refractivity contribution in [3.05, 3.63) is 24.4 Å². The molecule has 0 amide bonds. The van der Waals surface area contributed by atoms with E-state index >= 15 is 0 Å². The number of allylic oxidation sites excluding steroid dienone is 1. The van der Waals surface area contributed by atoms with Crippen molar-refractivity contribution in [1.82, 2.24) is 10.2 Å². The largest absolute Gasteiger partial charge is 0.381 e. The van der Waals surface area contributed by atoms with Crippen LogP contribution < -0.4 is 5.32 Å². The fourth-order valence-corrected chi connectivity index (χ4v) is 1.34. The zero-order valence-corrected chi connectivity index (χ0v) is 8.86. The van der Waals surface area contributed by atoms with Crippen molar-refractivity contribution in [3.63, 3.8) is 0 Å². The van der Waals surface area contributed by atoms with Gasteiger partial charge in [0.25, 0.3) is 0 Å². The Labute approximate surface area is 89.4 Å². The summed E-state index contributed by atoms with van der Waals surface area (Å²) in [6, 6.07) is 1.97. The van der Waals surface area contributed by atoms with Gasteiger partial charge in [0.1, 0.15) is 5.82 Å². The van der Waals surface area contributed by atoms with Crippen LogP contribution in [0.2, 0.25) is 0 Å². The van der Waals surface area contributed by atoms with Crippen molar-refractivity contribution < 1.29 is 4.74 Å². The molecule has 0 spiro atoms. The number of rotatable bonds is 4. The minimum atomic E-state index is 0.611. The van der Waals surface area contributed by atoms with Gasteiger partial charge in [-0.15, -0.1) is 5.10 Å². The second-order valence-corrected chi connectivity index (χ2v) is 3.89. The number of anilines is 1. The quantitative estimate of drug-likeness (QED) is 0.810. The van der Waals surface area contributed by atoms with Crippen molar-refractivity contribution in [1.29, 1.82) is 0 Å². The van der Waals surface area contributed by atoms with Gasteiger partial charge in [-0.3, -0.25) is 0 Å². The summed E-state index contributed by atoms with van der Waals surface area (Å²) in [5.41, 5.74) is 2.03. The Morgan fingerprint density at radius 3 is 3.07 bits per heavy atom. The van der Waals surface area contributed by atoms with Crippen LogP contribution >= 0.6 is 0 Å². The molecule has 0 unspecified atom stereocenters. The number of hydrogen-bond acceptors (Lipinski definition) is 4. The molecule has 0 bridgehead atoms. The van der Waals surface area contributed by atoms with Gasteiger partial charge in [-0.2, -0.15) is 5.10 Å². The van der Waals surface area contributed by atoms with Gasteiger partial charge in [-0.25, -0.2) is 0 Å². The zero-order valence-electron chi connectivity index (χ0n) is 8.86. The van der Waals surface area contributed by atoms with Gasteiger partial charge in [-0.1, -0.05) is 6.58 Å². The first-order valence-corrected chi connectivity index (χ1v) is 5.06. The monoisotopic (exact) mass is 205 g/mol. The summed E-state index contributed by atoms with van der Waals surface area (Å²) in [5, 5.41) is 11.2. The van der Waals surface area contributed by atoms with Crippen molar-refractivity contribution in [2.45, 2.75) is 6.92 Å². The average molecular weight is 205 g/mol. The highest BCUT2D eigenvalue weighted by Crippen LogP contribution is 2.14. The lowest BCUT2D eigenvalue weighted by molar-refractivity contribution is -0.0248. The molecule has 0 saturated carbocycles. The highest BCUT2D eigenvalue weighted by atomic mass is 16.5. The molecule has 0 aliphatic carbocycles. The predicted molar refractivity (Wildman–Crippen MR) is 59.5 cm³/mol. The molecular formula is C11H15N3O. The fraction of sp³-hybridized carbons (Fsp3) is 0.455. The number of nitrogens with one attached hydrogen (secondary N) is 1. The van der Waals surface area contributed by atoms with Crippen molar-refractivity contribution >= 4 is 11.4 Å². The second-order valence-electron chi connectivity index (χ2n) is 3.89. The normalized spacial score (nSPS) is 15.8. The van der Waals surface area contributed by atoms with Crippen molar-refractivity contribution in [3.8, 4) is 0 Å². The maximum Gasteiger partial charge on any atom is 0.149 e. The molecular weight excluding hydrogens is 190 g/mol. The summed E-state index contributed by atoms with van der Waals surface area (Å²) in [4.78, 5) is 0. The summed E-state index contributed by atoms with van der Waals surface area (Å²) >= 11 is 0. The van der Waals surface area contributed by atoms with Gasteiger partial charge in [0.2, 0.25) is 0 Å². The molecule has 15 heavy (non-hydrogen) atoms. The zero-order chi connectivity index (χ0) is 10.7. The SMILES string of the molecule is C=C(C)c1cnnc(NCC2COC2)c1. The van der Waals surface area contributed by atoms with Crippen LogP contribution in [0, 0.1) is 5.92 Å². The molecule has 1 aliphatic heterocycles. The first kappa shape index (κ1) is 10.1. The first-order chi connectivity index (χ1) is 7.25. The lowest BCUT2D eigenvalue weighted by Gasteiger charge is -2.26.